The zero-order valence-corrected chi connectivity index (χ0v) is 9.16. The number of carbonyl (C=O) groups is 2. The van der Waals surface area contributed by atoms with Gasteiger partial charge in [0, 0.05) is 6.04 Å². The smallest absolute Gasteiger partial charge is 0.325 e. The Kier molecular flexibility index (Phi) is 2.93. The Morgan fingerprint density at radius 3 is 2.67 bits per heavy atom. The molecule has 0 bridgehead atoms. The van der Waals surface area contributed by atoms with Gasteiger partial charge in [0.15, 0.2) is 0 Å². The molecule has 15 heavy (non-hydrogen) atoms. The molecule has 0 aromatic heterocycles. The molecule has 2 fully saturated rings. The number of nitrogens with zero attached hydrogens (tertiary/aromatic N) is 1. The van der Waals surface area contributed by atoms with E-state index in [4.69, 9.17) is 0 Å². The summed E-state index contributed by atoms with van der Waals surface area (Å²) in [5.74, 6) is -0.00171. The van der Waals surface area contributed by atoms with Gasteiger partial charge < -0.3 is 5.32 Å². The zero-order valence-electron chi connectivity index (χ0n) is 9.16. The molecule has 84 valence electrons. The minimum atomic E-state index is -0.252. The van der Waals surface area contributed by atoms with E-state index in [-0.39, 0.29) is 24.0 Å². The van der Waals surface area contributed by atoms with E-state index < -0.39 is 0 Å². The summed E-state index contributed by atoms with van der Waals surface area (Å²) in [4.78, 5) is 24.9. The van der Waals surface area contributed by atoms with Gasteiger partial charge in [-0.3, -0.25) is 9.69 Å². The molecule has 0 radical (unpaired) electrons. The summed E-state index contributed by atoms with van der Waals surface area (Å²) in [6, 6.07) is -0.243. The van der Waals surface area contributed by atoms with Crippen molar-refractivity contribution < 1.29 is 9.59 Å². The van der Waals surface area contributed by atoms with Crippen LogP contribution in [0.2, 0.25) is 0 Å². The van der Waals surface area contributed by atoms with Crippen molar-refractivity contribution in [3.8, 4) is 0 Å². The highest BCUT2D eigenvalue weighted by Gasteiger charge is 2.43. The van der Waals surface area contributed by atoms with E-state index in [1.807, 2.05) is 0 Å². The molecule has 4 heteroatoms. The highest BCUT2D eigenvalue weighted by Crippen LogP contribution is 2.28. The minimum absolute atomic E-state index is 0.00171. The fraction of sp³-hybridized carbons (Fsp3) is 0.818. The van der Waals surface area contributed by atoms with Crippen LogP contribution in [0, 0.1) is 0 Å². The molecule has 2 rings (SSSR count). The summed E-state index contributed by atoms with van der Waals surface area (Å²) in [5, 5.41) is 2.78. The predicted molar refractivity (Wildman–Crippen MR) is 56.3 cm³/mol. The first-order valence-corrected chi connectivity index (χ1v) is 5.87. The van der Waals surface area contributed by atoms with Crippen LogP contribution in [0.4, 0.5) is 4.79 Å². The topological polar surface area (TPSA) is 49.4 Å². The lowest BCUT2D eigenvalue weighted by atomic mass is 9.91. The second-order valence-corrected chi connectivity index (χ2v) is 4.44. The van der Waals surface area contributed by atoms with Crippen LogP contribution in [0.1, 0.15) is 45.4 Å². The number of hydrogen-bond donors (Lipinski definition) is 1. The molecular formula is C11H18N2O2. The minimum Gasteiger partial charge on any atom is -0.326 e. The van der Waals surface area contributed by atoms with Gasteiger partial charge in [-0.1, -0.05) is 19.8 Å². The van der Waals surface area contributed by atoms with Crippen molar-refractivity contribution in [2.75, 3.05) is 0 Å². The van der Waals surface area contributed by atoms with Gasteiger partial charge in [-0.25, -0.2) is 4.79 Å². The SMILES string of the molecule is CCCCC1NC(=O)N(C2CCC2)C1=O. The monoisotopic (exact) mass is 210 g/mol. The van der Waals surface area contributed by atoms with Crippen molar-refractivity contribution in [3.63, 3.8) is 0 Å². The van der Waals surface area contributed by atoms with Gasteiger partial charge in [0.05, 0.1) is 0 Å². The van der Waals surface area contributed by atoms with Crippen LogP contribution in [0.25, 0.3) is 0 Å². The van der Waals surface area contributed by atoms with E-state index in [0.29, 0.717) is 0 Å². The van der Waals surface area contributed by atoms with Crippen LogP contribution in [0.15, 0.2) is 0 Å². The number of unbranched alkanes of at least 4 members (excludes halogenated alkanes) is 1. The lowest BCUT2D eigenvalue weighted by Gasteiger charge is -2.32. The Morgan fingerprint density at radius 2 is 2.13 bits per heavy atom. The molecule has 1 aliphatic heterocycles. The highest BCUT2D eigenvalue weighted by atomic mass is 16.2. The van der Waals surface area contributed by atoms with Crippen LogP contribution < -0.4 is 5.32 Å². The van der Waals surface area contributed by atoms with Gasteiger partial charge >= 0.3 is 6.03 Å². The van der Waals surface area contributed by atoms with Crippen LogP contribution >= 0.6 is 0 Å². The summed E-state index contributed by atoms with van der Waals surface area (Å²) < 4.78 is 0. The number of nitrogens with one attached hydrogen (secondary N) is 1. The second kappa shape index (κ2) is 4.21. The highest BCUT2D eigenvalue weighted by molar-refractivity contribution is 6.04. The maximum atomic E-state index is 11.9. The van der Waals surface area contributed by atoms with E-state index in [0.717, 1.165) is 38.5 Å². The fourth-order valence-corrected chi connectivity index (χ4v) is 2.14. The number of urea groups is 1. The van der Waals surface area contributed by atoms with Gasteiger partial charge in [-0.2, -0.15) is 0 Å². The Balaban J connectivity index is 1.96. The zero-order chi connectivity index (χ0) is 10.8. The largest absolute Gasteiger partial charge is 0.326 e. The number of carbonyl (C=O) groups excluding carboxylic acids is 2. The average Bonchev–Trinajstić information content (AvgIpc) is 2.40. The summed E-state index contributed by atoms with van der Waals surface area (Å²) in [5.41, 5.74) is 0. The molecule has 0 aromatic rings. The van der Waals surface area contributed by atoms with E-state index >= 15 is 0 Å². The number of hydrogen-bond acceptors (Lipinski definition) is 2. The maximum absolute atomic E-state index is 11.9. The molecule has 3 amide bonds. The Morgan fingerprint density at radius 1 is 1.40 bits per heavy atom. The van der Waals surface area contributed by atoms with E-state index in [1.54, 1.807) is 0 Å². The normalized spacial score (nSPS) is 26.7. The van der Waals surface area contributed by atoms with Gasteiger partial charge in [0.1, 0.15) is 6.04 Å². The van der Waals surface area contributed by atoms with Gasteiger partial charge in [-0.15, -0.1) is 0 Å². The fourth-order valence-electron chi connectivity index (χ4n) is 2.14. The van der Waals surface area contributed by atoms with E-state index in [1.165, 1.54) is 4.90 Å². The molecule has 1 saturated carbocycles. The lowest BCUT2D eigenvalue weighted by Crippen LogP contribution is -2.44. The molecular weight excluding hydrogens is 192 g/mol. The van der Waals surface area contributed by atoms with Crippen LogP contribution in [0.3, 0.4) is 0 Å². The third kappa shape index (κ3) is 1.85. The molecule has 2 aliphatic rings. The van der Waals surface area contributed by atoms with E-state index in [2.05, 4.69) is 12.2 Å². The first-order chi connectivity index (χ1) is 7.24. The van der Waals surface area contributed by atoms with Crippen molar-refractivity contribution in [1.82, 2.24) is 10.2 Å². The number of rotatable bonds is 4. The summed E-state index contributed by atoms with van der Waals surface area (Å²) in [7, 11) is 0. The predicted octanol–water partition coefficient (Wildman–Crippen LogP) is 1.65. The third-order valence-electron chi connectivity index (χ3n) is 3.34. The molecule has 1 N–H and O–H groups in total. The van der Waals surface area contributed by atoms with Gasteiger partial charge in [0.2, 0.25) is 0 Å². The van der Waals surface area contributed by atoms with Gasteiger partial charge in [0.25, 0.3) is 5.91 Å². The second-order valence-electron chi connectivity index (χ2n) is 4.44. The molecule has 0 spiro atoms. The molecule has 1 aliphatic carbocycles. The molecule has 1 atom stereocenters. The Labute approximate surface area is 90.0 Å². The van der Waals surface area contributed by atoms with Crippen LogP contribution in [-0.2, 0) is 4.79 Å². The average molecular weight is 210 g/mol. The summed E-state index contributed by atoms with van der Waals surface area (Å²) in [6.07, 6.45) is 5.95. The van der Waals surface area contributed by atoms with Crippen molar-refractivity contribution in [2.45, 2.75) is 57.5 Å². The van der Waals surface area contributed by atoms with Crippen LogP contribution in [0.5, 0.6) is 0 Å². The van der Waals surface area contributed by atoms with Crippen molar-refractivity contribution in [2.24, 2.45) is 0 Å². The molecule has 4 nitrogen and oxygen atoms in total. The van der Waals surface area contributed by atoms with Gasteiger partial charge in [-0.05, 0) is 25.7 Å². The van der Waals surface area contributed by atoms with E-state index in [9.17, 15) is 9.59 Å². The summed E-state index contributed by atoms with van der Waals surface area (Å²) in [6.45, 7) is 2.09. The Bertz CT molecular complexity index is 274. The standard InChI is InChI=1S/C11H18N2O2/c1-2-3-7-9-10(14)13(11(15)12-9)8-5-4-6-8/h8-9H,2-7H2,1H3,(H,12,15). The quantitative estimate of drug-likeness (QED) is 0.717. The molecule has 1 heterocycles. The van der Waals surface area contributed by atoms with Crippen molar-refractivity contribution in [3.05, 3.63) is 0 Å². The first kappa shape index (κ1) is 10.5. The van der Waals surface area contributed by atoms with Crippen molar-refractivity contribution in [1.29, 1.82) is 0 Å². The lowest BCUT2D eigenvalue weighted by molar-refractivity contribution is -0.130. The molecule has 1 saturated heterocycles. The number of imide groups is 1. The van der Waals surface area contributed by atoms with Crippen LogP contribution in [-0.4, -0.2) is 28.9 Å². The number of amides is 3. The first-order valence-electron chi connectivity index (χ1n) is 5.87. The maximum Gasteiger partial charge on any atom is 0.325 e. The van der Waals surface area contributed by atoms with Crippen molar-refractivity contribution >= 4 is 11.9 Å². The molecule has 1 unspecified atom stereocenters. The Hall–Kier alpha value is -1.06. The summed E-state index contributed by atoms with van der Waals surface area (Å²) >= 11 is 0. The third-order valence-corrected chi connectivity index (χ3v) is 3.34. The molecule has 0 aromatic carbocycles.